The van der Waals surface area contributed by atoms with Crippen LogP contribution in [0.25, 0.3) is 0 Å². The van der Waals surface area contributed by atoms with E-state index in [1.165, 1.54) is 10.1 Å². The van der Waals surface area contributed by atoms with Gasteiger partial charge in [0.15, 0.2) is 5.82 Å². The van der Waals surface area contributed by atoms with Crippen molar-refractivity contribution < 1.29 is 4.79 Å². The van der Waals surface area contributed by atoms with Gasteiger partial charge in [0, 0.05) is 30.7 Å². The van der Waals surface area contributed by atoms with E-state index in [0.717, 1.165) is 23.2 Å². The number of amides is 1. The number of nitrogens with zero attached hydrogens (tertiary/aromatic N) is 3. The number of aromatic nitrogens is 3. The molecule has 31 heavy (non-hydrogen) atoms. The number of pyridine rings is 1. The molecule has 0 fully saturated rings. The Kier molecular flexibility index (Phi) is 7.02. The smallest absolute Gasteiger partial charge is 0.293 e. The van der Waals surface area contributed by atoms with E-state index in [2.05, 4.69) is 20.6 Å². The quantitative estimate of drug-likeness (QED) is 0.514. The van der Waals surface area contributed by atoms with Gasteiger partial charge in [-0.15, -0.1) is 0 Å². The van der Waals surface area contributed by atoms with Crippen LogP contribution < -0.4 is 21.9 Å². The highest BCUT2D eigenvalue weighted by molar-refractivity contribution is 5.76. The Balaban J connectivity index is 1.62. The van der Waals surface area contributed by atoms with Crippen molar-refractivity contribution in [1.82, 2.24) is 19.9 Å². The van der Waals surface area contributed by atoms with Crippen LogP contribution in [0.1, 0.15) is 28.1 Å². The van der Waals surface area contributed by atoms with Gasteiger partial charge in [-0.1, -0.05) is 30.3 Å². The molecule has 0 radical (unpaired) electrons. The molecular weight excluding hydrogens is 392 g/mol. The summed E-state index contributed by atoms with van der Waals surface area (Å²) in [6.45, 7) is 6.29. The molecule has 0 spiro atoms. The fourth-order valence-corrected chi connectivity index (χ4v) is 3.21. The van der Waals surface area contributed by atoms with Crippen molar-refractivity contribution >= 4 is 17.5 Å². The van der Waals surface area contributed by atoms with Crippen molar-refractivity contribution in [3.8, 4) is 0 Å². The van der Waals surface area contributed by atoms with Gasteiger partial charge in [0.25, 0.3) is 5.56 Å². The van der Waals surface area contributed by atoms with Crippen molar-refractivity contribution in [3.05, 3.63) is 81.0 Å². The fourth-order valence-electron chi connectivity index (χ4n) is 3.21. The molecule has 0 unspecified atom stereocenters. The second-order valence-corrected chi connectivity index (χ2v) is 7.51. The van der Waals surface area contributed by atoms with Crippen LogP contribution in [0, 0.1) is 20.8 Å². The summed E-state index contributed by atoms with van der Waals surface area (Å²) in [4.78, 5) is 33.8. The molecule has 0 bridgehead atoms. The number of hydrogen-bond donors (Lipinski definition) is 3. The maximum absolute atomic E-state index is 12.8. The van der Waals surface area contributed by atoms with Gasteiger partial charge in [0.1, 0.15) is 12.4 Å². The summed E-state index contributed by atoms with van der Waals surface area (Å²) in [5.74, 6) is 0.461. The third kappa shape index (κ3) is 5.69. The SMILES string of the molecule is Cc1cc(CNC(=O)Cn2c(C)cnc(NCCc3ccccc3)c2=O)c(C)nc1N. The Morgan fingerprint density at radius 2 is 1.90 bits per heavy atom. The van der Waals surface area contributed by atoms with Crippen molar-refractivity contribution in [3.63, 3.8) is 0 Å². The molecule has 0 saturated heterocycles. The second kappa shape index (κ2) is 9.88. The molecule has 0 aliphatic heterocycles. The van der Waals surface area contributed by atoms with E-state index >= 15 is 0 Å². The summed E-state index contributed by atoms with van der Waals surface area (Å²) in [7, 11) is 0. The lowest BCUT2D eigenvalue weighted by molar-refractivity contribution is -0.121. The van der Waals surface area contributed by atoms with E-state index in [1.54, 1.807) is 13.1 Å². The average molecular weight is 421 g/mol. The van der Waals surface area contributed by atoms with Gasteiger partial charge in [0.2, 0.25) is 5.91 Å². The lowest BCUT2D eigenvalue weighted by Gasteiger charge is -2.13. The minimum atomic E-state index is -0.315. The van der Waals surface area contributed by atoms with Gasteiger partial charge in [-0.3, -0.25) is 14.2 Å². The third-order valence-corrected chi connectivity index (χ3v) is 5.13. The van der Waals surface area contributed by atoms with Gasteiger partial charge in [-0.2, -0.15) is 0 Å². The van der Waals surface area contributed by atoms with Gasteiger partial charge in [-0.25, -0.2) is 9.97 Å². The molecule has 8 nitrogen and oxygen atoms in total. The van der Waals surface area contributed by atoms with Gasteiger partial charge < -0.3 is 16.4 Å². The van der Waals surface area contributed by atoms with Crippen molar-refractivity contribution in [2.24, 2.45) is 0 Å². The Bertz CT molecular complexity index is 1120. The number of nitrogens with one attached hydrogen (secondary N) is 2. The molecule has 1 aromatic carbocycles. The Morgan fingerprint density at radius 3 is 2.65 bits per heavy atom. The number of rotatable bonds is 8. The van der Waals surface area contributed by atoms with Crippen molar-refractivity contribution in [2.45, 2.75) is 40.3 Å². The van der Waals surface area contributed by atoms with Crippen LogP contribution in [-0.4, -0.2) is 27.0 Å². The van der Waals surface area contributed by atoms with Crippen LogP contribution in [0.5, 0.6) is 0 Å². The van der Waals surface area contributed by atoms with Crippen molar-refractivity contribution in [2.75, 3.05) is 17.6 Å². The number of aryl methyl sites for hydroxylation is 3. The molecule has 0 aliphatic carbocycles. The van der Waals surface area contributed by atoms with Crippen LogP contribution in [-0.2, 0) is 24.3 Å². The predicted octanol–water partition coefficient (Wildman–Crippen LogP) is 2.12. The van der Waals surface area contributed by atoms with Crippen LogP contribution in [0.2, 0.25) is 0 Å². The van der Waals surface area contributed by atoms with Crippen LogP contribution in [0.15, 0.2) is 47.4 Å². The van der Waals surface area contributed by atoms with Crippen molar-refractivity contribution in [1.29, 1.82) is 0 Å². The molecule has 2 heterocycles. The summed E-state index contributed by atoms with van der Waals surface area (Å²) in [6, 6.07) is 11.9. The standard InChI is InChI=1S/C23H28N6O2/c1-15-11-19(17(3)28-21(15)24)13-26-20(30)14-29-16(2)12-27-22(23(29)31)25-10-9-18-7-5-4-6-8-18/h4-8,11-12H,9-10,13-14H2,1-3H3,(H2,24,28)(H,25,27)(H,26,30). The summed E-state index contributed by atoms with van der Waals surface area (Å²) in [5.41, 5.74) is 9.81. The summed E-state index contributed by atoms with van der Waals surface area (Å²) < 4.78 is 1.42. The largest absolute Gasteiger partial charge is 0.383 e. The minimum Gasteiger partial charge on any atom is -0.383 e. The van der Waals surface area contributed by atoms with Gasteiger partial charge >= 0.3 is 0 Å². The van der Waals surface area contributed by atoms with E-state index in [1.807, 2.05) is 50.2 Å². The Labute approximate surface area is 181 Å². The molecule has 0 aliphatic rings. The number of anilines is 2. The number of nitrogen functional groups attached to an aromatic ring is 1. The molecule has 162 valence electrons. The summed E-state index contributed by atoms with van der Waals surface area (Å²) >= 11 is 0. The van der Waals surface area contributed by atoms with Crippen LogP contribution in [0.4, 0.5) is 11.6 Å². The molecule has 2 aromatic heterocycles. The molecule has 0 atom stereocenters. The zero-order valence-corrected chi connectivity index (χ0v) is 18.1. The zero-order valence-electron chi connectivity index (χ0n) is 18.1. The third-order valence-electron chi connectivity index (χ3n) is 5.13. The first kappa shape index (κ1) is 22.0. The maximum Gasteiger partial charge on any atom is 0.293 e. The normalized spacial score (nSPS) is 10.7. The highest BCUT2D eigenvalue weighted by Gasteiger charge is 2.12. The number of carbonyl (C=O) groups is 1. The first-order valence-corrected chi connectivity index (χ1v) is 10.2. The molecule has 8 heteroatoms. The number of hydrogen-bond acceptors (Lipinski definition) is 6. The van der Waals surface area contributed by atoms with E-state index in [4.69, 9.17) is 5.73 Å². The molecule has 0 saturated carbocycles. The summed E-state index contributed by atoms with van der Waals surface area (Å²) in [6.07, 6.45) is 2.36. The Hall–Kier alpha value is -3.68. The first-order valence-electron chi connectivity index (χ1n) is 10.2. The van der Waals surface area contributed by atoms with Crippen LogP contribution >= 0.6 is 0 Å². The predicted molar refractivity (Wildman–Crippen MR) is 122 cm³/mol. The Morgan fingerprint density at radius 1 is 1.16 bits per heavy atom. The molecular formula is C23H28N6O2. The second-order valence-electron chi connectivity index (χ2n) is 7.51. The lowest BCUT2D eigenvalue weighted by Crippen LogP contribution is -2.34. The highest BCUT2D eigenvalue weighted by Crippen LogP contribution is 2.13. The fraction of sp³-hybridized carbons (Fsp3) is 0.304. The maximum atomic E-state index is 12.8. The number of nitrogens with two attached hydrogens (primary N) is 1. The zero-order chi connectivity index (χ0) is 22.4. The molecule has 1 amide bonds. The first-order chi connectivity index (χ1) is 14.8. The van der Waals surface area contributed by atoms with E-state index < -0.39 is 0 Å². The van der Waals surface area contributed by atoms with E-state index in [9.17, 15) is 9.59 Å². The van der Waals surface area contributed by atoms with Gasteiger partial charge in [0.05, 0.1) is 0 Å². The lowest BCUT2D eigenvalue weighted by atomic mass is 10.1. The van der Waals surface area contributed by atoms with Crippen LogP contribution in [0.3, 0.4) is 0 Å². The number of carbonyl (C=O) groups excluding carboxylic acids is 1. The average Bonchev–Trinajstić information content (AvgIpc) is 2.75. The van der Waals surface area contributed by atoms with E-state index in [-0.39, 0.29) is 23.8 Å². The monoisotopic (exact) mass is 420 g/mol. The molecule has 4 N–H and O–H groups in total. The highest BCUT2D eigenvalue weighted by atomic mass is 16.2. The van der Waals surface area contributed by atoms with Gasteiger partial charge in [-0.05, 0) is 49.9 Å². The molecule has 3 aromatic rings. The van der Waals surface area contributed by atoms with E-state index in [0.29, 0.717) is 24.6 Å². The topological polar surface area (TPSA) is 115 Å². The molecule has 3 rings (SSSR count). The summed E-state index contributed by atoms with van der Waals surface area (Å²) in [5, 5.41) is 5.94. The number of benzene rings is 1. The minimum absolute atomic E-state index is 0.0824.